The lowest BCUT2D eigenvalue weighted by Crippen LogP contribution is -2.23. The summed E-state index contributed by atoms with van der Waals surface area (Å²) in [5.41, 5.74) is 2.46. The number of aromatic nitrogens is 4. The van der Waals surface area contributed by atoms with Gasteiger partial charge in [-0.05, 0) is 35.0 Å². The van der Waals surface area contributed by atoms with E-state index in [1.54, 1.807) is 18.2 Å². The highest BCUT2D eigenvalue weighted by Crippen LogP contribution is 2.23. The van der Waals surface area contributed by atoms with Gasteiger partial charge in [0.2, 0.25) is 0 Å². The minimum atomic E-state index is -0.368. The largest absolute Gasteiger partial charge is 0.391 e. The average molecular weight is 358 g/mol. The van der Waals surface area contributed by atoms with Gasteiger partial charge >= 0.3 is 5.69 Å². The van der Waals surface area contributed by atoms with Gasteiger partial charge in [0.25, 0.3) is 0 Å². The second-order valence-electron chi connectivity index (χ2n) is 5.35. The van der Waals surface area contributed by atoms with Crippen molar-refractivity contribution in [3.63, 3.8) is 0 Å². The highest BCUT2D eigenvalue weighted by Gasteiger charge is 2.14. The first kappa shape index (κ1) is 16.9. The fourth-order valence-electron chi connectivity index (χ4n) is 2.28. The molecule has 0 fully saturated rings. The van der Waals surface area contributed by atoms with Crippen LogP contribution in [0.3, 0.4) is 0 Å². The second kappa shape index (κ2) is 7.31. The normalized spacial score (nSPS) is 11.6. The van der Waals surface area contributed by atoms with Crippen molar-refractivity contribution in [2.45, 2.75) is 13.5 Å². The van der Waals surface area contributed by atoms with Gasteiger partial charge in [-0.3, -0.25) is 0 Å². The molecule has 8 heteroatoms. The topological polar surface area (TPSA) is 74.3 Å². The van der Waals surface area contributed by atoms with Crippen LogP contribution >= 0.6 is 11.6 Å². The molecule has 0 saturated heterocycles. The van der Waals surface area contributed by atoms with Crippen LogP contribution < -0.4 is 5.69 Å². The smallest absolute Gasteiger partial charge is 0.368 e. The summed E-state index contributed by atoms with van der Waals surface area (Å²) in [5, 5.41) is 12.1. The van der Waals surface area contributed by atoms with Gasteiger partial charge in [0, 0.05) is 17.6 Å². The third-order valence-electron chi connectivity index (χ3n) is 3.65. The van der Waals surface area contributed by atoms with E-state index < -0.39 is 0 Å². The Morgan fingerprint density at radius 1 is 1.16 bits per heavy atom. The first-order valence-corrected chi connectivity index (χ1v) is 7.94. The molecule has 3 aromatic rings. The summed E-state index contributed by atoms with van der Waals surface area (Å²) in [4.78, 5) is 17.5. The number of aryl methyl sites for hydroxylation is 1. The molecule has 0 aliphatic rings. The zero-order valence-electron chi connectivity index (χ0n) is 13.8. The van der Waals surface area contributed by atoms with E-state index in [4.69, 9.17) is 16.4 Å². The van der Waals surface area contributed by atoms with Crippen LogP contribution in [0.1, 0.15) is 18.1 Å². The van der Waals surface area contributed by atoms with Crippen LogP contribution in [0.2, 0.25) is 5.02 Å². The molecule has 0 spiro atoms. The van der Waals surface area contributed by atoms with Gasteiger partial charge in [-0.15, -0.1) is 0 Å². The summed E-state index contributed by atoms with van der Waals surface area (Å²) >= 11 is 6.27. The summed E-state index contributed by atoms with van der Waals surface area (Å²) in [7, 11) is 1.53. The standard InChI is InChI=1S/C17H16ClN5O2/c1-12(13-7-4-3-5-8-13)19-25-11-14-15(18)9-6-10-16(14)23-17(24)22(2)20-21-23/h3-10H,11H2,1-2H3. The van der Waals surface area contributed by atoms with E-state index in [0.717, 1.165) is 16.0 Å². The van der Waals surface area contributed by atoms with Crippen molar-refractivity contribution in [1.82, 2.24) is 19.8 Å². The fraction of sp³-hybridized carbons (Fsp3) is 0.176. The quantitative estimate of drug-likeness (QED) is 0.519. The van der Waals surface area contributed by atoms with Crippen molar-refractivity contribution in [3.8, 4) is 5.69 Å². The summed E-state index contributed by atoms with van der Waals surface area (Å²) in [6, 6.07) is 14.9. The number of hydrogen-bond donors (Lipinski definition) is 0. The number of hydrogen-bond acceptors (Lipinski definition) is 5. The molecule has 7 nitrogen and oxygen atoms in total. The SMILES string of the molecule is CC(=NOCc1c(Cl)cccc1-n1nnn(C)c1=O)c1ccccc1. The summed E-state index contributed by atoms with van der Waals surface area (Å²) in [6.07, 6.45) is 0. The Kier molecular flexibility index (Phi) is 4.95. The van der Waals surface area contributed by atoms with Gasteiger partial charge in [-0.2, -0.15) is 9.36 Å². The fourth-order valence-corrected chi connectivity index (χ4v) is 2.50. The zero-order valence-corrected chi connectivity index (χ0v) is 14.5. The van der Waals surface area contributed by atoms with E-state index >= 15 is 0 Å². The van der Waals surface area contributed by atoms with Crippen molar-refractivity contribution >= 4 is 17.3 Å². The molecule has 0 atom stereocenters. The van der Waals surface area contributed by atoms with Gasteiger partial charge in [0.15, 0.2) is 0 Å². The van der Waals surface area contributed by atoms with Gasteiger partial charge in [-0.25, -0.2) is 4.79 Å². The maximum absolute atomic E-state index is 12.1. The molecule has 2 aromatic carbocycles. The molecule has 3 rings (SSSR count). The van der Waals surface area contributed by atoms with Crippen molar-refractivity contribution in [1.29, 1.82) is 0 Å². The Morgan fingerprint density at radius 2 is 1.92 bits per heavy atom. The molecular formula is C17H16ClN5O2. The van der Waals surface area contributed by atoms with Gasteiger partial charge in [-0.1, -0.05) is 53.2 Å². The molecule has 0 saturated carbocycles. The molecule has 0 aliphatic heterocycles. The van der Waals surface area contributed by atoms with Crippen LogP contribution in [0.4, 0.5) is 0 Å². The number of rotatable bonds is 5. The highest BCUT2D eigenvalue weighted by atomic mass is 35.5. The van der Waals surface area contributed by atoms with Crippen LogP contribution in [0, 0.1) is 0 Å². The number of halogens is 1. The minimum Gasteiger partial charge on any atom is -0.391 e. The van der Waals surface area contributed by atoms with E-state index in [-0.39, 0.29) is 12.3 Å². The average Bonchev–Trinajstić information content (AvgIpc) is 2.96. The molecule has 25 heavy (non-hydrogen) atoms. The molecule has 0 unspecified atom stereocenters. The lowest BCUT2D eigenvalue weighted by molar-refractivity contribution is 0.130. The van der Waals surface area contributed by atoms with E-state index in [0.29, 0.717) is 16.3 Å². The Labute approximate surface area is 149 Å². The van der Waals surface area contributed by atoms with Crippen LogP contribution in [0.25, 0.3) is 5.69 Å². The van der Waals surface area contributed by atoms with Gasteiger partial charge < -0.3 is 4.84 Å². The first-order valence-electron chi connectivity index (χ1n) is 7.56. The minimum absolute atomic E-state index is 0.0994. The number of oxime groups is 1. The Hall–Kier alpha value is -2.93. The molecule has 0 radical (unpaired) electrons. The number of tetrazole rings is 1. The van der Waals surface area contributed by atoms with E-state index in [1.165, 1.54) is 11.7 Å². The van der Waals surface area contributed by atoms with E-state index in [9.17, 15) is 4.79 Å². The maximum atomic E-state index is 12.1. The van der Waals surface area contributed by atoms with Crippen LogP contribution in [0.5, 0.6) is 0 Å². The summed E-state index contributed by atoms with van der Waals surface area (Å²) in [6.45, 7) is 1.96. The lowest BCUT2D eigenvalue weighted by atomic mass is 10.1. The molecule has 1 aromatic heterocycles. The predicted molar refractivity (Wildman–Crippen MR) is 95.1 cm³/mol. The maximum Gasteiger partial charge on any atom is 0.368 e. The van der Waals surface area contributed by atoms with Crippen molar-refractivity contribution < 1.29 is 4.84 Å². The van der Waals surface area contributed by atoms with Crippen LogP contribution in [-0.2, 0) is 18.5 Å². The predicted octanol–water partition coefficient (Wildman–Crippen LogP) is 2.56. The molecule has 0 aliphatic carbocycles. The second-order valence-corrected chi connectivity index (χ2v) is 5.76. The lowest BCUT2D eigenvalue weighted by Gasteiger charge is -2.09. The molecule has 0 N–H and O–H groups in total. The Bertz CT molecular complexity index is 963. The molecule has 128 valence electrons. The van der Waals surface area contributed by atoms with Crippen molar-refractivity contribution in [2.75, 3.05) is 0 Å². The Morgan fingerprint density at radius 3 is 2.60 bits per heavy atom. The molecular weight excluding hydrogens is 342 g/mol. The summed E-state index contributed by atoms with van der Waals surface area (Å²) in [5.74, 6) is 0. The number of nitrogens with zero attached hydrogens (tertiary/aromatic N) is 5. The molecule has 0 amide bonds. The van der Waals surface area contributed by atoms with Gasteiger partial charge in [0.1, 0.15) is 6.61 Å². The van der Waals surface area contributed by atoms with Crippen LogP contribution in [-0.4, -0.2) is 25.5 Å². The molecule has 0 bridgehead atoms. The van der Waals surface area contributed by atoms with Gasteiger partial charge in [0.05, 0.1) is 11.4 Å². The third kappa shape index (κ3) is 3.61. The Balaban J connectivity index is 1.86. The van der Waals surface area contributed by atoms with Crippen molar-refractivity contribution in [3.05, 3.63) is 75.2 Å². The highest BCUT2D eigenvalue weighted by molar-refractivity contribution is 6.31. The summed E-state index contributed by atoms with van der Waals surface area (Å²) < 4.78 is 2.32. The zero-order chi connectivity index (χ0) is 17.8. The number of benzene rings is 2. The first-order chi connectivity index (χ1) is 12.1. The van der Waals surface area contributed by atoms with Crippen LogP contribution in [0.15, 0.2) is 58.5 Å². The molecule has 1 heterocycles. The van der Waals surface area contributed by atoms with Crippen molar-refractivity contribution in [2.24, 2.45) is 12.2 Å². The van der Waals surface area contributed by atoms with E-state index in [2.05, 4.69) is 15.6 Å². The third-order valence-corrected chi connectivity index (χ3v) is 4.00. The monoisotopic (exact) mass is 357 g/mol. The van der Waals surface area contributed by atoms with E-state index in [1.807, 2.05) is 37.3 Å².